The van der Waals surface area contributed by atoms with E-state index < -0.39 is 0 Å². The number of rotatable bonds is 12. The average molecular weight is 326 g/mol. The van der Waals surface area contributed by atoms with Crippen molar-refractivity contribution in [2.75, 3.05) is 19.8 Å². The van der Waals surface area contributed by atoms with E-state index in [1.54, 1.807) is 0 Å². The third-order valence-corrected chi connectivity index (χ3v) is 3.40. The van der Waals surface area contributed by atoms with E-state index in [-0.39, 0.29) is 23.0 Å². The zero-order valence-corrected chi connectivity index (χ0v) is 14.6. The van der Waals surface area contributed by atoms with Crippen LogP contribution in [0.4, 0.5) is 0 Å². The molecule has 0 fully saturated rings. The molecule has 0 bridgehead atoms. The van der Waals surface area contributed by atoms with E-state index in [2.05, 4.69) is 13.8 Å². The van der Waals surface area contributed by atoms with Crippen LogP contribution in [-0.4, -0.2) is 30.0 Å². The molecule has 132 valence electrons. The lowest BCUT2D eigenvalue weighted by Gasteiger charge is -2.17. The van der Waals surface area contributed by atoms with Crippen LogP contribution in [0.25, 0.3) is 0 Å². The summed E-state index contributed by atoms with van der Waals surface area (Å²) in [6.07, 6.45) is 5.58. The number of phenolic OH excluding ortho intramolecular Hbond substituents is 2. The Morgan fingerprint density at radius 1 is 0.739 bits per heavy atom. The minimum atomic E-state index is -0.191. The van der Waals surface area contributed by atoms with E-state index in [1.807, 2.05) is 6.92 Å². The van der Waals surface area contributed by atoms with Gasteiger partial charge in [0.25, 0.3) is 0 Å². The Bertz CT molecular complexity index is 459. The number of aromatic hydroxyl groups is 2. The lowest BCUT2D eigenvalue weighted by atomic mass is 10.2. The van der Waals surface area contributed by atoms with Gasteiger partial charge >= 0.3 is 0 Å². The second-order valence-corrected chi connectivity index (χ2v) is 5.51. The highest BCUT2D eigenvalue weighted by atomic mass is 16.5. The Morgan fingerprint density at radius 3 is 1.74 bits per heavy atom. The molecular weight excluding hydrogens is 296 g/mol. The summed E-state index contributed by atoms with van der Waals surface area (Å²) >= 11 is 0. The van der Waals surface area contributed by atoms with Crippen molar-refractivity contribution < 1.29 is 24.4 Å². The summed E-state index contributed by atoms with van der Waals surface area (Å²) in [6.45, 7) is 7.61. The van der Waals surface area contributed by atoms with Gasteiger partial charge in [-0.15, -0.1) is 0 Å². The van der Waals surface area contributed by atoms with E-state index in [1.165, 1.54) is 6.07 Å². The topological polar surface area (TPSA) is 68.2 Å². The molecule has 2 N–H and O–H groups in total. The minimum absolute atomic E-state index is 0.0628. The van der Waals surface area contributed by atoms with Gasteiger partial charge in [0.1, 0.15) is 0 Å². The SMILES string of the molecule is CCCCOc1cc(O)c(OCCCC)c(O)c1OCCCC. The number of phenols is 2. The molecule has 0 aromatic heterocycles. The first-order valence-corrected chi connectivity index (χ1v) is 8.62. The molecule has 0 aliphatic heterocycles. The average Bonchev–Trinajstić information content (AvgIpc) is 2.53. The maximum absolute atomic E-state index is 10.4. The first-order valence-electron chi connectivity index (χ1n) is 8.62. The van der Waals surface area contributed by atoms with Gasteiger partial charge in [-0.25, -0.2) is 0 Å². The first kappa shape index (κ1) is 19.3. The number of hydrogen-bond donors (Lipinski definition) is 2. The van der Waals surface area contributed by atoms with Gasteiger partial charge in [0.05, 0.1) is 19.8 Å². The number of hydrogen-bond acceptors (Lipinski definition) is 5. The van der Waals surface area contributed by atoms with Crippen LogP contribution in [-0.2, 0) is 0 Å². The van der Waals surface area contributed by atoms with Crippen LogP contribution in [0.2, 0.25) is 0 Å². The van der Waals surface area contributed by atoms with Crippen LogP contribution in [0, 0.1) is 0 Å². The Kier molecular flexibility index (Phi) is 9.10. The molecule has 0 saturated carbocycles. The third-order valence-electron chi connectivity index (χ3n) is 3.40. The lowest BCUT2D eigenvalue weighted by molar-refractivity contribution is 0.235. The molecule has 5 nitrogen and oxygen atoms in total. The van der Waals surface area contributed by atoms with Crippen molar-refractivity contribution in [1.82, 2.24) is 0 Å². The molecule has 0 atom stereocenters. The molecular formula is C18H30O5. The molecule has 0 aliphatic rings. The highest BCUT2D eigenvalue weighted by molar-refractivity contribution is 5.64. The molecule has 1 aromatic rings. The van der Waals surface area contributed by atoms with E-state index in [0.717, 1.165) is 38.5 Å². The summed E-state index contributed by atoms with van der Waals surface area (Å²) in [7, 11) is 0. The minimum Gasteiger partial charge on any atom is -0.504 e. The van der Waals surface area contributed by atoms with E-state index in [0.29, 0.717) is 25.6 Å². The molecule has 0 unspecified atom stereocenters. The fraction of sp³-hybridized carbons (Fsp3) is 0.667. The van der Waals surface area contributed by atoms with E-state index in [9.17, 15) is 10.2 Å². The highest BCUT2D eigenvalue weighted by Crippen LogP contribution is 2.49. The molecule has 0 heterocycles. The van der Waals surface area contributed by atoms with Gasteiger partial charge in [0.15, 0.2) is 11.5 Å². The van der Waals surface area contributed by atoms with Gasteiger partial charge in [0.2, 0.25) is 17.2 Å². The van der Waals surface area contributed by atoms with Crippen molar-refractivity contribution in [3.05, 3.63) is 6.07 Å². The monoisotopic (exact) mass is 326 g/mol. The molecule has 0 saturated heterocycles. The normalized spacial score (nSPS) is 10.6. The zero-order valence-electron chi connectivity index (χ0n) is 14.6. The van der Waals surface area contributed by atoms with Crippen molar-refractivity contribution in [3.63, 3.8) is 0 Å². The van der Waals surface area contributed by atoms with Crippen LogP contribution in [0.3, 0.4) is 0 Å². The quantitative estimate of drug-likeness (QED) is 0.548. The van der Waals surface area contributed by atoms with Crippen LogP contribution >= 0.6 is 0 Å². The molecule has 0 spiro atoms. The summed E-state index contributed by atoms with van der Waals surface area (Å²) < 4.78 is 16.8. The maximum atomic E-state index is 10.4. The van der Waals surface area contributed by atoms with Crippen molar-refractivity contribution in [2.45, 2.75) is 59.3 Å². The van der Waals surface area contributed by atoms with Gasteiger partial charge < -0.3 is 24.4 Å². The van der Waals surface area contributed by atoms with Crippen LogP contribution in [0.5, 0.6) is 28.7 Å². The van der Waals surface area contributed by atoms with Crippen LogP contribution in [0.15, 0.2) is 6.07 Å². The Labute approximate surface area is 139 Å². The van der Waals surface area contributed by atoms with Gasteiger partial charge in [-0.1, -0.05) is 40.0 Å². The van der Waals surface area contributed by atoms with Crippen molar-refractivity contribution in [2.24, 2.45) is 0 Å². The maximum Gasteiger partial charge on any atom is 0.208 e. The fourth-order valence-electron chi connectivity index (χ4n) is 1.95. The largest absolute Gasteiger partial charge is 0.504 e. The predicted octanol–water partition coefficient (Wildman–Crippen LogP) is 4.63. The van der Waals surface area contributed by atoms with Crippen molar-refractivity contribution in [3.8, 4) is 28.7 Å². The number of benzene rings is 1. The summed E-state index contributed by atoms with van der Waals surface area (Å²) in [4.78, 5) is 0. The van der Waals surface area contributed by atoms with Crippen molar-refractivity contribution >= 4 is 0 Å². The second-order valence-electron chi connectivity index (χ2n) is 5.51. The fourth-order valence-corrected chi connectivity index (χ4v) is 1.95. The molecule has 0 radical (unpaired) electrons. The van der Waals surface area contributed by atoms with Gasteiger partial charge in [-0.2, -0.15) is 0 Å². The summed E-state index contributed by atoms with van der Waals surface area (Å²) in [5.41, 5.74) is 0. The first-order chi connectivity index (χ1) is 11.2. The number of ether oxygens (including phenoxy) is 3. The van der Waals surface area contributed by atoms with Crippen LogP contribution in [0.1, 0.15) is 59.3 Å². The van der Waals surface area contributed by atoms with Crippen molar-refractivity contribution in [1.29, 1.82) is 0 Å². The van der Waals surface area contributed by atoms with E-state index >= 15 is 0 Å². The Morgan fingerprint density at radius 2 is 1.22 bits per heavy atom. The van der Waals surface area contributed by atoms with Crippen LogP contribution < -0.4 is 14.2 Å². The number of unbranched alkanes of at least 4 members (excludes halogenated alkanes) is 3. The Balaban J connectivity index is 2.98. The highest BCUT2D eigenvalue weighted by Gasteiger charge is 2.21. The van der Waals surface area contributed by atoms with Gasteiger partial charge in [0, 0.05) is 6.07 Å². The standard InChI is InChI=1S/C18H30O5/c1-4-7-10-21-15-13-14(19)17(22-11-8-5-2)16(20)18(15)23-12-9-6-3/h13,19-20H,4-12H2,1-3H3. The molecule has 1 aromatic carbocycles. The smallest absolute Gasteiger partial charge is 0.208 e. The van der Waals surface area contributed by atoms with Gasteiger partial charge in [-0.05, 0) is 19.3 Å². The molecule has 23 heavy (non-hydrogen) atoms. The van der Waals surface area contributed by atoms with E-state index in [4.69, 9.17) is 14.2 Å². The zero-order chi connectivity index (χ0) is 17.1. The molecule has 1 rings (SSSR count). The summed E-state index contributed by atoms with van der Waals surface area (Å²) in [5.74, 6) is 0.343. The lowest BCUT2D eigenvalue weighted by Crippen LogP contribution is -2.04. The Hall–Kier alpha value is -1.78. The molecule has 0 amide bonds. The summed E-state index contributed by atoms with van der Waals surface area (Å²) in [5, 5.41) is 20.5. The summed E-state index contributed by atoms with van der Waals surface area (Å²) in [6, 6.07) is 1.46. The molecule has 5 heteroatoms. The third kappa shape index (κ3) is 6.08. The predicted molar refractivity (Wildman–Crippen MR) is 91.0 cm³/mol. The molecule has 0 aliphatic carbocycles. The van der Waals surface area contributed by atoms with Gasteiger partial charge in [-0.3, -0.25) is 0 Å². The second kappa shape index (κ2) is 10.9.